The number of aryl methyl sites for hydroxylation is 2. The number of benzene rings is 1. The van der Waals surface area contributed by atoms with Crippen molar-refractivity contribution < 1.29 is 0 Å². The molecule has 0 amide bonds. The van der Waals surface area contributed by atoms with E-state index in [1.54, 1.807) is 0 Å². The molecule has 1 aromatic carbocycles. The van der Waals surface area contributed by atoms with Crippen molar-refractivity contribution in [3.63, 3.8) is 0 Å². The highest BCUT2D eigenvalue weighted by Crippen LogP contribution is 2.05. The predicted molar refractivity (Wildman–Crippen MR) is 66.1 cm³/mol. The fourth-order valence-corrected chi connectivity index (χ4v) is 1.50. The molecule has 0 radical (unpaired) electrons. The molecule has 0 spiro atoms. The first-order valence-corrected chi connectivity index (χ1v) is 5.26. The van der Waals surface area contributed by atoms with Crippen LogP contribution in [0.25, 0.3) is 0 Å². The topological polar surface area (TPSA) is 12.9 Å². The summed E-state index contributed by atoms with van der Waals surface area (Å²) in [6.07, 6.45) is 1.85. The predicted octanol–water partition coefficient (Wildman–Crippen LogP) is 3.10. The fourth-order valence-electron chi connectivity index (χ4n) is 1.50. The van der Waals surface area contributed by atoms with Gasteiger partial charge >= 0.3 is 0 Å². The molecule has 0 fully saturated rings. The van der Waals surface area contributed by atoms with Gasteiger partial charge in [0.2, 0.25) is 0 Å². The maximum Gasteiger partial charge on any atom is 0.116 e. The fraction of sp³-hybridized carbons (Fsp3) is 0.133. The summed E-state index contributed by atoms with van der Waals surface area (Å²) < 4.78 is 0. The molecule has 2 aromatic rings. The van der Waals surface area contributed by atoms with Crippen LogP contribution < -0.4 is 0 Å². The van der Waals surface area contributed by atoms with Gasteiger partial charge in [-0.05, 0) is 43.0 Å². The average molecular weight is 207 g/mol. The first-order chi connectivity index (χ1) is 7.75. The number of nitrogens with zero attached hydrogens (tertiary/aromatic N) is 1. The van der Waals surface area contributed by atoms with Crippen LogP contribution in [0.3, 0.4) is 0 Å². The van der Waals surface area contributed by atoms with Gasteiger partial charge in [-0.3, -0.25) is 0 Å². The van der Waals surface area contributed by atoms with Gasteiger partial charge in [-0.25, -0.2) is 4.98 Å². The van der Waals surface area contributed by atoms with E-state index in [1.807, 2.05) is 50.4 Å². The molecule has 0 aliphatic rings. The van der Waals surface area contributed by atoms with Crippen LogP contribution in [0, 0.1) is 25.7 Å². The van der Waals surface area contributed by atoms with Gasteiger partial charge in [0, 0.05) is 11.8 Å². The summed E-state index contributed by atoms with van der Waals surface area (Å²) in [6.45, 7) is 4.07. The Bertz CT molecular complexity index is 545. The first-order valence-electron chi connectivity index (χ1n) is 5.26. The number of pyridine rings is 1. The molecule has 1 heterocycles. The van der Waals surface area contributed by atoms with Crippen LogP contribution in [0.5, 0.6) is 0 Å². The summed E-state index contributed by atoms with van der Waals surface area (Å²) in [5.74, 6) is 6.20. The highest BCUT2D eigenvalue weighted by molar-refractivity contribution is 5.43. The third-order valence-electron chi connectivity index (χ3n) is 2.31. The lowest BCUT2D eigenvalue weighted by Gasteiger charge is -1.97. The van der Waals surface area contributed by atoms with Gasteiger partial charge in [-0.2, -0.15) is 0 Å². The zero-order chi connectivity index (χ0) is 11.4. The molecule has 0 bridgehead atoms. The van der Waals surface area contributed by atoms with Crippen molar-refractivity contribution in [1.29, 1.82) is 0 Å². The maximum absolute atomic E-state index is 4.32. The molecule has 78 valence electrons. The van der Waals surface area contributed by atoms with Crippen molar-refractivity contribution in [2.24, 2.45) is 0 Å². The van der Waals surface area contributed by atoms with Crippen LogP contribution >= 0.6 is 0 Å². The van der Waals surface area contributed by atoms with Crippen LogP contribution in [-0.2, 0) is 0 Å². The highest BCUT2D eigenvalue weighted by Gasteiger charge is 1.95. The van der Waals surface area contributed by atoms with Crippen molar-refractivity contribution in [1.82, 2.24) is 4.98 Å². The Labute approximate surface area is 96.2 Å². The standard InChI is InChI=1S/C15H13N/c1-12-10-13(2)15(16-11-12)9-8-14-6-4-3-5-7-14/h3-7,10-11H,1-2H3. The van der Waals surface area contributed by atoms with Gasteiger partial charge in [0.05, 0.1) is 0 Å². The molecule has 0 N–H and O–H groups in total. The van der Waals surface area contributed by atoms with E-state index in [9.17, 15) is 0 Å². The third-order valence-corrected chi connectivity index (χ3v) is 2.31. The van der Waals surface area contributed by atoms with Crippen LogP contribution in [-0.4, -0.2) is 4.98 Å². The lowest BCUT2D eigenvalue weighted by molar-refractivity contribution is 1.19. The maximum atomic E-state index is 4.32. The van der Waals surface area contributed by atoms with Gasteiger partial charge in [0.1, 0.15) is 5.69 Å². The minimum Gasteiger partial charge on any atom is -0.247 e. The van der Waals surface area contributed by atoms with Crippen molar-refractivity contribution in [3.8, 4) is 11.8 Å². The SMILES string of the molecule is Cc1cnc(C#Cc2ccccc2)c(C)c1. The second-order valence-electron chi connectivity index (χ2n) is 3.79. The number of hydrogen-bond donors (Lipinski definition) is 0. The molecule has 1 nitrogen and oxygen atoms in total. The monoisotopic (exact) mass is 207 g/mol. The molecule has 1 aromatic heterocycles. The zero-order valence-corrected chi connectivity index (χ0v) is 9.49. The van der Waals surface area contributed by atoms with Crippen LogP contribution in [0.2, 0.25) is 0 Å². The van der Waals surface area contributed by atoms with E-state index in [1.165, 1.54) is 5.56 Å². The molecule has 16 heavy (non-hydrogen) atoms. The van der Waals surface area contributed by atoms with Crippen molar-refractivity contribution in [3.05, 3.63) is 65.0 Å². The van der Waals surface area contributed by atoms with Gasteiger partial charge in [-0.1, -0.05) is 30.2 Å². The molecular weight excluding hydrogens is 194 g/mol. The van der Waals surface area contributed by atoms with E-state index >= 15 is 0 Å². The van der Waals surface area contributed by atoms with E-state index in [0.29, 0.717) is 0 Å². The Kier molecular flexibility index (Phi) is 3.03. The van der Waals surface area contributed by atoms with Crippen LogP contribution in [0.1, 0.15) is 22.4 Å². The summed E-state index contributed by atoms with van der Waals surface area (Å²) in [7, 11) is 0. The van der Waals surface area contributed by atoms with Crippen LogP contribution in [0.4, 0.5) is 0 Å². The molecule has 1 heteroatoms. The number of aromatic nitrogens is 1. The summed E-state index contributed by atoms with van der Waals surface area (Å²) >= 11 is 0. The Hall–Kier alpha value is -2.07. The highest BCUT2D eigenvalue weighted by atomic mass is 14.7. The molecule has 0 aliphatic heterocycles. The minimum absolute atomic E-state index is 0.856. The average Bonchev–Trinajstić information content (AvgIpc) is 2.29. The second-order valence-corrected chi connectivity index (χ2v) is 3.79. The molecule has 0 saturated carbocycles. The second kappa shape index (κ2) is 4.63. The molecule has 0 aliphatic carbocycles. The largest absolute Gasteiger partial charge is 0.247 e. The summed E-state index contributed by atoms with van der Waals surface area (Å²) in [5.41, 5.74) is 4.17. The van der Waals surface area contributed by atoms with E-state index < -0.39 is 0 Å². The van der Waals surface area contributed by atoms with E-state index in [4.69, 9.17) is 0 Å². The molecule has 0 atom stereocenters. The molecule has 0 unspecified atom stereocenters. The Morgan fingerprint density at radius 1 is 1.00 bits per heavy atom. The Morgan fingerprint density at radius 2 is 1.75 bits per heavy atom. The molecule has 0 saturated heterocycles. The summed E-state index contributed by atoms with van der Waals surface area (Å²) in [5, 5.41) is 0. The van der Waals surface area contributed by atoms with Gasteiger partial charge in [-0.15, -0.1) is 0 Å². The normalized spacial score (nSPS) is 9.38. The smallest absolute Gasteiger partial charge is 0.116 e. The van der Waals surface area contributed by atoms with E-state index in [0.717, 1.165) is 16.8 Å². The molecule has 2 rings (SSSR count). The quantitative estimate of drug-likeness (QED) is 0.605. The molecular formula is C15H13N. The van der Waals surface area contributed by atoms with Crippen molar-refractivity contribution >= 4 is 0 Å². The van der Waals surface area contributed by atoms with E-state index in [2.05, 4.69) is 22.9 Å². The zero-order valence-electron chi connectivity index (χ0n) is 9.49. The third kappa shape index (κ3) is 2.49. The number of rotatable bonds is 0. The Balaban J connectivity index is 2.31. The lowest BCUT2D eigenvalue weighted by atomic mass is 10.1. The summed E-state index contributed by atoms with van der Waals surface area (Å²) in [6, 6.07) is 12.1. The van der Waals surface area contributed by atoms with Gasteiger partial charge in [0.15, 0.2) is 0 Å². The van der Waals surface area contributed by atoms with Crippen LogP contribution in [0.15, 0.2) is 42.6 Å². The summed E-state index contributed by atoms with van der Waals surface area (Å²) in [4.78, 5) is 4.32. The Morgan fingerprint density at radius 3 is 2.44 bits per heavy atom. The van der Waals surface area contributed by atoms with Crippen molar-refractivity contribution in [2.75, 3.05) is 0 Å². The van der Waals surface area contributed by atoms with Gasteiger partial charge in [0.25, 0.3) is 0 Å². The minimum atomic E-state index is 0.856. The first kappa shape index (κ1) is 10.4. The van der Waals surface area contributed by atoms with Crippen molar-refractivity contribution in [2.45, 2.75) is 13.8 Å². The van der Waals surface area contributed by atoms with E-state index in [-0.39, 0.29) is 0 Å². The lowest BCUT2D eigenvalue weighted by Crippen LogP contribution is -1.88. The number of hydrogen-bond acceptors (Lipinski definition) is 1. The van der Waals surface area contributed by atoms with Gasteiger partial charge < -0.3 is 0 Å².